The maximum Gasteiger partial charge on any atom is 0.227 e. The van der Waals surface area contributed by atoms with E-state index in [1.165, 1.54) is 0 Å². The topological polar surface area (TPSA) is 84.0 Å². The lowest BCUT2D eigenvalue weighted by molar-refractivity contribution is -0.128. The van der Waals surface area contributed by atoms with Crippen LogP contribution in [0.4, 0.5) is 0 Å². The van der Waals surface area contributed by atoms with Gasteiger partial charge in [-0.25, -0.2) is 0 Å². The summed E-state index contributed by atoms with van der Waals surface area (Å²) in [6, 6.07) is 7.54. The lowest BCUT2D eigenvalue weighted by Gasteiger charge is -2.25. The summed E-state index contributed by atoms with van der Waals surface area (Å²) >= 11 is 0. The van der Waals surface area contributed by atoms with Gasteiger partial charge >= 0.3 is 0 Å². The molecule has 0 aliphatic carbocycles. The number of aliphatic imine (C=N–C) groups is 1. The van der Waals surface area contributed by atoms with Gasteiger partial charge < -0.3 is 25.4 Å². The average molecular weight is 364 g/mol. The Morgan fingerprint density at radius 3 is 2.42 bits per heavy atom. The summed E-state index contributed by atoms with van der Waals surface area (Å²) in [7, 11) is 3.31. The van der Waals surface area contributed by atoms with E-state index in [4.69, 9.17) is 9.47 Å². The zero-order valence-electron chi connectivity index (χ0n) is 16.7. The second kappa shape index (κ2) is 10.5. The van der Waals surface area contributed by atoms with Crippen molar-refractivity contribution in [2.24, 2.45) is 10.4 Å². The number of hydrogen-bond acceptors (Lipinski definition) is 4. The first-order valence-corrected chi connectivity index (χ1v) is 8.86. The third-order valence-corrected chi connectivity index (χ3v) is 3.83. The predicted molar refractivity (Wildman–Crippen MR) is 105 cm³/mol. The van der Waals surface area contributed by atoms with Gasteiger partial charge in [0.15, 0.2) is 17.5 Å². The molecule has 0 heterocycles. The van der Waals surface area contributed by atoms with Crippen LogP contribution >= 0.6 is 0 Å². The third kappa shape index (κ3) is 6.82. The van der Waals surface area contributed by atoms with E-state index in [9.17, 15) is 4.79 Å². The molecule has 3 N–H and O–H groups in total. The van der Waals surface area contributed by atoms with Crippen LogP contribution in [0.2, 0.25) is 0 Å². The molecule has 0 saturated heterocycles. The van der Waals surface area contributed by atoms with E-state index in [0.717, 1.165) is 0 Å². The normalized spacial score (nSPS) is 12.9. The number of para-hydroxylation sites is 2. The van der Waals surface area contributed by atoms with Crippen molar-refractivity contribution in [1.29, 1.82) is 0 Å². The van der Waals surface area contributed by atoms with Crippen LogP contribution in [0.15, 0.2) is 29.3 Å². The molecule has 1 unspecified atom stereocenters. The van der Waals surface area contributed by atoms with Crippen LogP contribution < -0.4 is 25.4 Å². The number of carbonyl (C=O) groups excluding carboxylic acids is 1. The maximum absolute atomic E-state index is 12.1. The fourth-order valence-corrected chi connectivity index (χ4v) is 2.22. The number of ether oxygens (including phenoxy) is 2. The number of amides is 1. The molecule has 0 saturated carbocycles. The molecule has 7 nitrogen and oxygen atoms in total. The molecular formula is C19H32N4O3. The van der Waals surface area contributed by atoms with Crippen molar-refractivity contribution in [3.63, 3.8) is 0 Å². The molecular weight excluding hydrogens is 332 g/mol. The largest absolute Gasteiger partial charge is 0.493 e. The number of carbonyl (C=O) groups is 1. The Bertz CT molecular complexity index is 602. The van der Waals surface area contributed by atoms with Crippen LogP contribution in [0, 0.1) is 5.41 Å². The SMILES string of the molecule is CCNC(=O)C(C)(C)CNC(=NC)NCC(C)Oc1ccccc1OC. The number of benzene rings is 1. The van der Waals surface area contributed by atoms with Gasteiger partial charge in [-0.05, 0) is 39.8 Å². The number of rotatable bonds is 9. The highest BCUT2D eigenvalue weighted by Crippen LogP contribution is 2.26. The summed E-state index contributed by atoms with van der Waals surface area (Å²) in [4.78, 5) is 16.2. The summed E-state index contributed by atoms with van der Waals surface area (Å²) in [6.07, 6.45) is -0.0961. The first-order chi connectivity index (χ1) is 12.3. The highest BCUT2D eigenvalue weighted by molar-refractivity contribution is 5.84. The van der Waals surface area contributed by atoms with Crippen LogP contribution in [-0.2, 0) is 4.79 Å². The number of nitrogens with one attached hydrogen (secondary N) is 3. The second-order valence-corrected chi connectivity index (χ2v) is 6.63. The van der Waals surface area contributed by atoms with Gasteiger partial charge in [0.1, 0.15) is 6.10 Å². The number of hydrogen-bond donors (Lipinski definition) is 3. The lowest BCUT2D eigenvalue weighted by Crippen LogP contribution is -2.49. The van der Waals surface area contributed by atoms with Gasteiger partial charge in [0.05, 0.1) is 19.1 Å². The van der Waals surface area contributed by atoms with Crippen LogP contribution in [-0.4, -0.2) is 51.8 Å². The van der Waals surface area contributed by atoms with Crippen LogP contribution in [0.5, 0.6) is 11.5 Å². The fraction of sp³-hybridized carbons (Fsp3) is 0.579. The minimum Gasteiger partial charge on any atom is -0.493 e. The molecule has 7 heteroatoms. The van der Waals surface area contributed by atoms with Crippen LogP contribution in [0.25, 0.3) is 0 Å². The zero-order valence-corrected chi connectivity index (χ0v) is 16.7. The van der Waals surface area contributed by atoms with Gasteiger partial charge in [0, 0.05) is 20.1 Å². The average Bonchev–Trinajstić information content (AvgIpc) is 2.62. The van der Waals surface area contributed by atoms with Crippen molar-refractivity contribution in [1.82, 2.24) is 16.0 Å². The van der Waals surface area contributed by atoms with Gasteiger partial charge in [-0.3, -0.25) is 9.79 Å². The van der Waals surface area contributed by atoms with Crippen molar-refractivity contribution in [2.45, 2.75) is 33.8 Å². The molecule has 1 amide bonds. The van der Waals surface area contributed by atoms with Crippen molar-refractivity contribution in [3.8, 4) is 11.5 Å². The molecule has 1 atom stereocenters. The van der Waals surface area contributed by atoms with E-state index in [1.807, 2.05) is 52.0 Å². The van der Waals surface area contributed by atoms with Crippen LogP contribution in [0.3, 0.4) is 0 Å². The minimum atomic E-state index is -0.535. The Morgan fingerprint density at radius 1 is 1.19 bits per heavy atom. The van der Waals surface area contributed by atoms with Gasteiger partial charge in [-0.1, -0.05) is 12.1 Å². The van der Waals surface area contributed by atoms with Crippen LogP contribution in [0.1, 0.15) is 27.7 Å². The predicted octanol–water partition coefficient (Wildman–Crippen LogP) is 1.79. The summed E-state index contributed by atoms with van der Waals surface area (Å²) in [5.74, 6) is 2.03. The molecule has 1 aromatic carbocycles. The summed E-state index contributed by atoms with van der Waals surface area (Å²) in [5, 5.41) is 9.25. The quantitative estimate of drug-likeness (QED) is 0.460. The minimum absolute atomic E-state index is 0.0100. The number of nitrogens with zero attached hydrogens (tertiary/aromatic N) is 1. The van der Waals surface area contributed by atoms with Crippen molar-refractivity contribution < 1.29 is 14.3 Å². The van der Waals surface area contributed by atoms with Gasteiger partial charge in [0.2, 0.25) is 5.91 Å². The summed E-state index contributed by atoms with van der Waals surface area (Å²) in [6.45, 7) is 9.31. The smallest absolute Gasteiger partial charge is 0.227 e. The highest BCUT2D eigenvalue weighted by Gasteiger charge is 2.27. The first-order valence-electron chi connectivity index (χ1n) is 8.86. The Hall–Kier alpha value is -2.44. The van der Waals surface area contributed by atoms with E-state index in [0.29, 0.717) is 37.1 Å². The van der Waals surface area contributed by atoms with E-state index in [-0.39, 0.29) is 12.0 Å². The molecule has 0 aromatic heterocycles. The Labute approximate surface area is 156 Å². The Balaban J connectivity index is 2.50. The second-order valence-electron chi connectivity index (χ2n) is 6.63. The summed E-state index contributed by atoms with van der Waals surface area (Å²) in [5.41, 5.74) is -0.535. The molecule has 146 valence electrons. The lowest BCUT2D eigenvalue weighted by atomic mass is 9.92. The van der Waals surface area contributed by atoms with E-state index in [2.05, 4.69) is 20.9 Å². The van der Waals surface area contributed by atoms with Gasteiger partial charge in [-0.2, -0.15) is 0 Å². The molecule has 0 aliphatic rings. The molecule has 0 spiro atoms. The highest BCUT2D eigenvalue weighted by atomic mass is 16.5. The molecule has 26 heavy (non-hydrogen) atoms. The zero-order chi connectivity index (χ0) is 19.6. The third-order valence-electron chi connectivity index (χ3n) is 3.83. The number of methoxy groups -OCH3 is 1. The Kier molecular flexibility index (Phi) is 8.75. The fourth-order valence-electron chi connectivity index (χ4n) is 2.22. The standard InChI is InChI=1S/C19H32N4O3/c1-7-21-17(24)19(3,4)13-23-18(20-5)22-12-14(2)26-16-11-9-8-10-15(16)25-6/h8-11,14H,7,12-13H2,1-6H3,(H,21,24)(H2,20,22,23). The summed E-state index contributed by atoms with van der Waals surface area (Å²) < 4.78 is 11.2. The monoisotopic (exact) mass is 364 g/mol. The molecule has 0 aliphatic heterocycles. The molecule has 0 fully saturated rings. The van der Waals surface area contributed by atoms with Crippen molar-refractivity contribution >= 4 is 11.9 Å². The molecule has 0 bridgehead atoms. The number of guanidine groups is 1. The van der Waals surface area contributed by atoms with E-state index < -0.39 is 5.41 Å². The molecule has 1 aromatic rings. The molecule has 0 radical (unpaired) electrons. The van der Waals surface area contributed by atoms with E-state index >= 15 is 0 Å². The Morgan fingerprint density at radius 2 is 1.85 bits per heavy atom. The van der Waals surface area contributed by atoms with Crippen molar-refractivity contribution in [3.05, 3.63) is 24.3 Å². The molecule has 1 rings (SSSR count). The maximum atomic E-state index is 12.1. The van der Waals surface area contributed by atoms with Gasteiger partial charge in [0.25, 0.3) is 0 Å². The van der Waals surface area contributed by atoms with E-state index in [1.54, 1.807) is 14.2 Å². The van der Waals surface area contributed by atoms with Crippen molar-refractivity contribution in [2.75, 3.05) is 33.8 Å². The van der Waals surface area contributed by atoms with Gasteiger partial charge in [-0.15, -0.1) is 0 Å². The first kappa shape index (κ1) is 21.6.